The van der Waals surface area contributed by atoms with Crippen LogP contribution >= 0.6 is 23.2 Å². The van der Waals surface area contributed by atoms with Crippen molar-refractivity contribution in [2.75, 3.05) is 0 Å². The first-order valence-electron chi connectivity index (χ1n) is 4.46. The number of benzene rings is 1. The number of rotatable bonds is 2. The molecule has 0 aliphatic rings. The molecule has 0 aliphatic heterocycles. The summed E-state index contributed by atoms with van der Waals surface area (Å²) < 4.78 is 0. The normalized spacial score (nSPS) is 10.3. The molecule has 0 amide bonds. The van der Waals surface area contributed by atoms with E-state index in [1.165, 1.54) is 0 Å². The molecular formula is C11H8Cl2N2. The van der Waals surface area contributed by atoms with Crippen molar-refractivity contribution in [3.63, 3.8) is 0 Å². The van der Waals surface area contributed by atoms with Crippen LogP contribution in [0.5, 0.6) is 0 Å². The Labute approximate surface area is 97.9 Å². The molecule has 2 rings (SSSR count). The van der Waals surface area contributed by atoms with Crippen molar-refractivity contribution >= 4 is 23.2 Å². The van der Waals surface area contributed by atoms with Gasteiger partial charge < -0.3 is 0 Å². The van der Waals surface area contributed by atoms with Crippen LogP contribution in [-0.4, -0.2) is 9.97 Å². The topological polar surface area (TPSA) is 25.8 Å². The van der Waals surface area contributed by atoms with E-state index in [1.54, 1.807) is 12.3 Å². The lowest BCUT2D eigenvalue weighted by Gasteiger charge is -2.00. The highest BCUT2D eigenvalue weighted by molar-refractivity contribution is 6.30. The Kier molecular flexibility index (Phi) is 3.19. The maximum Gasteiger partial charge on any atom is 0.134 e. The molecular weight excluding hydrogens is 231 g/mol. The van der Waals surface area contributed by atoms with Crippen LogP contribution in [0.3, 0.4) is 0 Å². The van der Waals surface area contributed by atoms with E-state index in [-0.39, 0.29) is 0 Å². The molecule has 76 valence electrons. The largest absolute Gasteiger partial charge is 0.241 e. The second kappa shape index (κ2) is 4.60. The monoisotopic (exact) mass is 238 g/mol. The molecule has 1 aromatic heterocycles. The first-order chi connectivity index (χ1) is 7.24. The van der Waals surface area contributed by atoms with Crippen LogP contribution < -0.4 is 0 Å². The minimum absolute atomic E-state index is 0.467. The molecule has 0 unspecified atom stereocenters. The third kappa shape index (κ3) is 2.91. The second-order valence-electron chi connectivity index (χ2n) is 3.10. The van der Waals surface area contributed by atoms with E-state index in [9.17, 15) is 0 Å². The van der Waals surface area contributed by atoms with Gasteiger partial charge in [-0.25, -0.2) is 9.97 Å². The van der Waals surface area contributed by atoms with Crippen molar-refractivity contribution in [3.05, 3.63) is 58.1 Å². The van der Waals surface area contributed by atoms with E-state index in [1.807, 2.05) is 24.3 Å². The molecule has 1 heterocycles. The van der Waals surface area contributed by atoms with Crippen LogP contribution in [0.4, 0.5) is 0 Å². The summed E-state index contributed by atoms with van der Waals surface area (Å²) >= 11 is 11.6. The molecule has 0 fully saturated rings. The van der Waals surface area contributed by atoms with E-state index in [4.69, 9.17) is 23.2 Å². The third-order valence-corrected chi connectivity index (χ3v) is 2.41. The number of hydrogen-bond donors (Lipinski definition) is 0. The maximum atomic E-state index is 5.79. The van der Waals surface area contributed by atoms with Crippen LogP contribution in [0.25, 0.3) is 0 Å². The summed E-state index contributed by atoms with van der Waals surface area (Å²) in [6.07, 6.45) is 2.32. The first kappa shape index (κ1) is 10.4. The summed E-state index contributed by atoms with van der Waals surface area (Å²) in [5.74, 6) is 0.713. The highest BCUT2D eigenvalue weighted by Gasteiger charge is 1.99. The Morgan fingerprint density at radius 1 is 1.00 bits per heavy atom. The fourth-order valence-corrected chi connectivity index (χ4v) is 1.52. The zero-order valence-corrected chi connectivity index (χ0v) is 9.33. The van der Waals surface area contributed by atoms with Gasteiger partial charge in [0.2, 0.25) is 0 Å². The molecule has 15 heavy (non-hydrogen) atoms. The molecule has 0 atom stereocenters. The van der Waals surface area contributed by atoms with E-state index in [2.05, 4.69) is 9.97 Å². The fourth-order valence-electron chi connectivity index (χ4n) is 1.24. The predicted molar refractivity (Wildman–Crippen MR) is 61.3 cm³/mol. The van der Waals surface area contributed by atoms with E-state index >= 15 is 0 Å². The van der Waals surface area contributed by atoms with Crippen LogP contribution in [0.15, 0.2) is 36.5 Å². The minimum Gasteiger partial charge on any atom is -0.241 e. The lowest BCUT2D eigenvalue weighted by Crippen LogP contribution is -1.95. The molecule has 0 aliphatic carbocycles. The maximum absolute atomic E-state index is 5.79. The molecule has 0 bridgehead atoms. The summed E-state index contributed by atoms with van der Waals surface area (Å²) in [6.45, 7) is 0. The Balaban J connectivity index is 2.18. The van der Waals surface area contributed by atoms with Gasteiger partial charge in [0.05, 0.1) is 0 Å². The van der Waals surface area contributed by atoms with Crippen molar-refractivity contribution < 1.29 is 0 Å². The Morgan fingerprint density at radius 3 is 2.40 bits per heavy atom. The lowest BCUT2D eigenvalue weighted by atomic mass is 10.1. The smallest absolute Gasteiger partial charge is 0.134 e. The van der Waals surface area contributed by atoms with Crippen LogP contribution in [-0.2, 0) is 6.42 Å². The van der Waals surface area contributed by atoms with Crippen molar-refractivity contribution in [1.29, 1.82) is 0 Å². The summed E-state index contributed by atoms with van der Waals surface area (Å²) in [4.78, 5) is 8.24. The average molecular weight is 239 g/mol. The zero-order valence-electron chi connectivity index (χ0n) is 7.82. The minimum atomic E-state index is 0.467. The molecule has 2 nitrogen and oxygen atoms in total. The van der Waals surface area contributed by atoms with Gasteiger partial charge in [0.1, 0.15) is 11.0 Å². The second-order valence-corrected chi connectivity index (χ2v) is 3.92. The van der Waals surface area contributed by atoms with E-state index in [0.29, 0.717) is 17.4 Å². The first-order valence-corrected chi connectivity index (χ1v) is 5.21. The number of hydrogen-bond acceptors (Lipinski definition) is 2. The van der Waals surface area contributed by atoms with Gasteiger partial charge in [-0.05, 0) is 23.8 Å². The van der Waals surface area contributed by atoms with Gasteiger partial charge >= 0.3 is 0 Å². The molecule has 0 spiro atoms. The van der Waals surface area contributed by atoms with Crippen molar-refractivity contribution in [3.8, 4) is 0 Å². The van der Waals surface area contributed by atoms with Gasteiger partial charge in [-0.1, -0.05) is 35.3 Å². The van der Waals surface area contributed by atoms with Crippen LogP contribution in [0.1, 0.15) is 11.4 Å². The van der Waals surface area contributed by atoms with Gasteiger partial charge in [-0.2, -0.15) is 0 Å². The molecule has 0 saturated heterocycles. The Hall–Kier alpha value is -1.12. The Bertz CT molecular complexity index is 454. The van der Waals surface area contributed by atoms with E-state index < -0.39 is 0 Å². The molecule has 0 radical (unpaired) electrons. The molecule has 2 aromatic rings. The lowest BCUT2D eigenvalue weighted by molar-refractivity contribution is 0.968. The highest BCUT2D eigenvalue weighted by Crippen LogP contribution is 2.12. The predicted octanol–water partition coefficient (Wildman–Crippen LogP) is 3.37. The summed E-state index contributed by atoms with van der Waals surface area (Å²) in [5.41, 5.74) is 1.11. The standard InChI is InChI=1S/C11H8Cl2N2/c12-9-3-1-8(2-4-9)7-11-14-6-5-10(13)15-11/h1-6H,7H2. The number of halogens is 2. The zero-order chi connectivity index (χ0) is 10.7. The SMILES string of the molecule is Clc1ccc(Cc2nccc(Cl)n2)cc1. The Morgan fingerprint density at radius 2 is 1.73 bits per heavy atom. The highest BCUT2D eigenvalue weighted by atomic mass is 35.5. The molecule has 4 heteroatoms. The molecule has 0 saturated carbocycles. The fraction of sp³-hybridized carbons (Fsp3) is 0.0909. The van der Waals surface area contributed by atoms with Gasteiger partial charge in [-0.15, -0.1) is 0 Å². The van der Waals surface area contributed by atoms with Gasteiger partial charge in [0.15, 0.2) is 0 Å². The molecule has 1 aromatic carbocycles. The number of aromatic nitrogens is 2. The quantitative estimate of drug-likeness (QED) is 0.751. The molecule has 0 N–H and O–H groups in total. The van der Waals surface area contributed by atoms with E-state index in [0.717, 1.165) is 10.6 Å². The van der Waals surface area contributed by atoms with Gasteiger partial charge in [-0.3, -0.25) is 0 Å². The summed E-state index contributed by atoms with van der Waals surface area (Å²) in [5, 5.41) is 1.19. The van der Waals surface area contributed by atoms with Crippen molar-refractivity contribution in [2.24, 2.45) is 0 Å². The van der Waals surface area contributed by atoms with Gasteiger partial charge in [0, 0.05) is 17.6 Å². The van der Waals surface area contributed by atoms with Crippen molar-refractivity contribution in [1.82, 2.24) is 9.97 Å². The third-order valence-electron chi connectivity index (χ3n) is 1.95. The summed E-state index contributed by atoms with van der Waals surface area (Å²) in [7, 11) is 0. The average Bonchev–Trinajstić information content (AvgIpc) is 2.22. The van der Waals surface area contributed by atoms with Crippen molar-refractivity contribution in [2.45, 2.75) is 6.42 Å². The van der Waals surface area contributed by atoms with Gasteiger partial charge in [0.25, 0.3) is 0 Å². The summed E-state index contributed by atoms with van der Waals surface area (Å²) in [6, 6.07) is 9.26. The van der Waals surface area contributed by atoms with Crippen LogP contribution in [0.2, 0.25) is 10.2 Å². The number of nitrogens with zero attached hydrogens (tertiary/aromatic N) is 2. The van der Waals surface area contributed by atoms with Crippen LogP contribution in [0, 0.1) is 0 Å².